The molecule has 1 aliphatic heterocycles. The summed E-state index contributed by atoms with van der Waals surface area (Å²) in [6.07, 6.45) is -0.486. The number of alkyl halides is 1. The first kappa shape index (κ1) is 14.3. The maximum atomic E-state index is 11.7. The number of nitrogens with zero attached hydrogens (tertiary/aromatic N) is 1. The molecule has 1 aromatic rings. The third-order valence-corrected chi connectivity index (χ3v) is 3.91. The largest absolute Gasteiger partial charge is 0.393 e. The summed E-state index contributed by atoms with van der Waals surface area (Å²) in [7, 11) is 0. The maximum Gasteiger partial charge on any atom is 0.330 e. The molecule has 1 aliphatic rings. The van der Waals surface area contributed by atoms with Crippen LogP contribution in [0.3, 0.4) is 0 Å². The van der Waals surface area contributed by atoms with Gasteiger partial charge in [-0.3, -0.25) is 14.3 Å². The van der Waals surface area contributed by atoms with Gasteiger partial charge >= 0.3 is 5.69 Å². The predicted molar refractivity (Wildman–Crippen MR) is 67.2 cm³/mol. The third-order valence-electron chi connectivity index (χ3n) is 3.46. The van der Waals surface area contributed by atoms with E-state index in [-0.39, 0.29) is 0 Å². The third kappa shape index (κ3) is 2.23. The Morgan fingerprint density at radius 1 is 1.58 bits per heavy atom. The molecule has 0 aliphatic carbocycles. The molecule has 0 spiro atoms. The van der Waals surface area contributed by atoms with Crippen LogP contribution < -0.4 is 11.2 Å². The molecule has 3 N–H and O–H groups in total. The van der Waals surface area contributed by atoms with E-state index >= 15 is 0 Å². The maximum absolute atomic E-state index is 11.7. The normalized spacial score (nSPS) is 34.6. The van der Waals surface area contributed by atoms with Gasteiger partial charge in [0, 0.05) is 12.3 Å². The van der Waals surface area contributed by atoms with E-state index in [9.17, 15) is 19.8 Å². The Hall–Kier alpha value is -1.15. The molecule has 2 heterocycles. The Morgan fingerprint density at radius 3 is 2.74 bits per heavy atom. The lowest BCUT2D eigenvalue weighted by atomic mass is 9.94. The molecule has 106 valence electrons. The molecule has 4 atom stereocenters. The van der Waals surface area contributed by atoms with E-state index in [0.717, 1.165) is 10.6 Å². The molecule has 0 amide bonds. The Bertz CT molecular complexity index is 565. The number of hydrogen-bond donors (Lipinski definition) is 3. The number of aliphatic hydroxyl groups excluding tert-OH is 2. The minimum atomic E-state index is -1.20. The van der Waals surface area contributed by atoms with Crippen LogP contribution in [0.15, 0.2) is 21.9 Å². The highest BCUT2D eigenvalue weighted by molar-refractivity contribution is 6.21. The summed E-state index contributed by atoms with van der Waals surface area (Å²) in [6.45, 7) is 1.32. The summed E-state index contributed by atoms with van der Waals surface area (Å²) in [6, 6.07) is 1.16. The number of halogens is 1. The summed E-state index contributed by atoms with van der Waals surface area (Å²) in [5, 5.41) is 18.6. The standard InChI is InChI=1S/C11H15ClN2O5/c1-2-11(5-15)8(17)7(12)9(19-11)14-4-3-6(16)13-10(14)18/h3-4,7-9,15,17H,2,5H2,1H3,(H,13,16,18)/t7-,8+,9-,11-/m1/s1. The number of nitrogens with one attached hydrogen (secondary N) is 1. The van der Waals surface area contributed by atoms with E-state index in [1.54, 1.807) is 6.92 Å². The first-order valence-electron chi connectivity index (χ1n) is 5.87. The zero-order chi connectivity index (χ0) is 14.2. The minimum absolute atomic E-state index is 0.336. The molecular formula is C11H15ClN2O5. The summed E-state index contributed by atoms with van der Waals surface area (Å²) in [4.78, 5) is 24.8. The average Bonchev–Trinajstić information content (AvgIpc) is 2.64. The molecule has 0 bridgehead atoms. The molecule has 0 unspecified atom stereocenters. The molecule has 7 nitrogen and oxygen atoms in total. The van der Waals surface area contributed by atoms with Crippen molar-refractivity contribution >= 4 is 11.6 Å². The van der Waals surface area contributed by atoms with Crippen molar-refractivity contribution in [3.05, 3.63) is 33.1 Å². The highest BCUT2D eigenvalue weighted by atomic mass is 35.5. The van der Waals surface area contributed by atoms with Gasteiger partial charge in [-0.1, -0.05) is 6.92 Å². The van der Waals surface area contributed by atoms with Gasteiger partial charge in [-0.2, -0.15) is 0 Å². The van der Waals surface area contributed by atoms with Crippen molar-refractivity contribution in [3.63, 3.8) is 0 Å². The molecule has 0 aromatic carbocycles. The van der Waals surface area contributed by atoms with Crippen LogP contribution in [0.1, 0.15) is 19.6 Å². The predicted octanol–water partition coefficient (Wildman–Crippen LogP) is -0.825. The summed E-state index contributed by atoms with van der Waals surface area (Å²) >= 11 is 6.08. The highest BCUT2D eigenvalue weighted by Crippen LogP contribution is 2.41. The second-order valence-electron chi connectivity index (χ2n) is 4.49. The highest BCUT2D eigenvalue weighted by Gasteiger charge is 2.53. The summed E-state index contributed by atoms with van der Waals surface area (Å²) in [5.74, 6) is 0. The SMILES string of the molecule is CC[C@]1(CO)O[C@@H](n2ccc(=O)[nH]c2=O)[C@H](Cl)[C@@H]1O. The van der Waals surface area contributed by atoms with Gasteiger partial charge < -0.3 is 14.9 Å². The van der Waals surface area contributed by atoms with Crippen LogP contribution in [0.5, 0.6) is 0 Å². The van der Waals surface area contributed by atoms with Crippen LogP contribution >= 0.6 is 11.6 Å². The van der Waals surface area contributed by atoms with Gasteiger partial charge in [0.05, 0.1) is 6.61 Å². The molecule has 8 heteroatoms. The van der Waals surface area contributed by atoms with Crippen LogP contribution in [-0.2, 0) is 4.74 Å². The molecule has 1 fully saturated rings. The van der Waals surface area contributed by atoms with Gasteiger partial charge in [0.25, 0.3) is 5.56 Å². The molecule has 1 saturated heterocycles. The van der Waals surface area contributed by atoms with Crippen molar-refractivity contribution in [2.45, 2.75) is 36.7 Å². The quantitative estimate of drug-likeness (QED) is 0.631. The first-order valence-corrected chi connectivity index (χ1v) is 6.31. The average molecular weight is 291 g/mol. The lowest BCUT2D eigenvalue weighted by Gasteiger charge is -2.28. The second-order valence-corrected chi connectivity index (χ2v) is 5.00. The molecule has 1 aromatic heterocycles. The molecular weight excluding hydrogens is 276 g/mol. The van der Waals surface area contributed by atoms with Crippen molar-refractivity contribution < 1.29 is 14.9 Å². The van der Waals surface area contributed by atoms with Gasteiger partial charge in [0.1, 0.15) is 17.1 Å². The fourth-order valence-corrected chi connectivity index (χ4v) is 2.60. The van der Waals surface area contributed by atoms with Crippen molar-refractivity contribution in [3.8, 4) is 0 Å². The van der Waals surface area contributed by atoms with Gasteiger partial charge in [0.2, 0.25) is 0 Å². The number of rotatable bonds is 3. The van der Waals surface area contributed by atoms with E-state index in [0.29, 0.717) is 6.42 Å². The Balaban J connectivity index is 2.42. The van der Waals surface area contributed by atoms with E-state index in [1.165, 1.54) is 6.20 Å². The number of aromatic nitrogens is 2. The van der Waals surface area contributed by atoms with Crippen molar-refractivity contribution in [1.29, 1.82) is 0 Å². The fraction of sp³-hybridized carbons (Fsp3) is 0.636. The van der Waals surface area contributed by atoms with E-state index in [4.69, 9.17) is 16.3 Å². The molecule has 0 radical (unpaired) electrons. The number of aromatic amines is 1. The molecule has 0 saturated carbocycles. The topological polar surface area (TPSA) is 105 Å². The first-order chi connectivity index (χ1) is 8.95. The number of H-pyrrole nitrogens is 1. The van der Waals surface area contributed by atoms with Crippen molar-refractivity contribution in [2.24, 2.45) is 0 Å². The summed E-state index contributed by atoms with van der Waals surface area (Å²) in [5.41, 5.74) is -2.41. The van der Waals surface area contributed by atoms with Crippen LogP contribution in [0.2, 0.25) is 0 Å². The zero-order valence-electron chi connectivity index (χ0n) is 10.2. The zero-order valence-corrected chi connectivity index (χ0v) is 11.0. The molecule has 19 heavy (non-hydrogen) atoms. The smallest absolute Gasteiger partial charge is 0.330 e. The lowest BCUT2D eigenvalue weighted by molar-refractivity contribution is -0.130. The molecule has 2 rings (SSSR count). The van der Waals surface area contributed by atoms with E-state index in [2.05, 4.69) is 4.98 Å². The van der Waals surface area contributed by atoms with Gasteiger partial charge in [0.15, 0.2) is 6.23 Å². The van der Waals surface area contributed by atoms with Crippen LogP contribution in [0.25, 0.3) is 0 Å². The Kier molecular flexibility index (Phi) is 3.82. The number of hydrogen-bond acceptors (Lipinski definition) is 5. The Labute approximate surface area is 113 Å². The Morgan fingerprint density at radius 2 is 2.26 bits per heavy atom. The second kappa shape index (κ2) is 5.09. The van der Waals surface area contributed by atoms with Crippen LogP contribution in [0, 0.1) is 0 Å². The van der Waals surface area contributed by atoms with Gasteiger partial charge in [-0.05, 0) is 6.42 Å². The van der Waals surface area contributed by atoms with Crippen molar-refractivity contribution in [2.75, 3.05) is 6.61 Å². The monoisotopic (exact) mass is 290 g/mol. The van der Waals surface area contributed by atoms with Gasteiger partial charge in [-0.15, -0.1) is 11.6 Å². The van der Waals surface area contributed by atoms with E-state index < -0.39 is 41.2 Å². The van der Waals surface area contributed by atoms with Crippen LogP contribution in [0.4, 0.5) is 0 Å². The lowest BCUT2D eigenvalue weighted by Crippen LogP contribution is -2.44. The van der Waals surface area contributed by atoms with Gasteiger partial charge in [-0.25, -0.2) is 4.79 Å². The van der Waals surface area contributed by atoms with Crippen molar-refractivity contribution in [1.82, 2.24) is 9.55 Å². The minimum Gasteiger partial charge on any atom is -0.393 e. The van der Waals surface area contributed by atoms with Crippen LogP contribution in [-0.4, -0.2) is 43.5 Å². The summed E-state index contributed by atoms with van der Waals surface area (Å²) < 4.78 is 6.68. The van der Waals surface area contributed by atoms with E-state index in [1.807, 2.05) is 0 Å². The number of ether oxygens (including phenoxy) is 1. The number of aliphatic hydroxyl groups is 2. The fourth-order valence-electron chi connectivity index (χ4n) is 2.19.